The Balaban J connectivity index is 1.66. The first-order chi connectivity index (χ1) is 10.2. The monoisotopic (exact) mass is 300 g/mol. The molecular formula is C15H12N2O3S. The average Bonchev–Trinajstić information content (AvgIpc) is 3.15. The highest BCUT2D eigenvalue weighted by Crippen LogP contribution is 2.25. The number of carbonyl (C=O) groups is 1. The quantitative estimate of drug-likeness (QED) is 0.751. The van der Waals surface area contributed by atoms with Crippen LogP contribution in [0.1, 0.15) is 16.3 Å². The van der Waals surface area contributed by atoms with Crippen molar-refractivity contribution in [3.05, 3.63) is 59.4 Å². The molecule has 2 N–H and O–H groups in total. The fourth-order valence-electron chi connectivity index (χ4n) is 1.85. The molecule has 6 heteroatoms. The molecule has 0 aliphatic rings. The summed E-state index contributed by atoms with van der Waals surface area (Å²) in [5.74, 6) is -0.568. The number of aromatic nitrogens is 1. The zero-order valence-corrected chi connectivity index (χ0v) is 11.8. The Bertz CT molecular complexity index is 749. The van der Waals surface area contributed by atoms with Crippen LogP contribution in [0.15, 0.2) is 52.3 Å². The molecule has 5 nitrogen and oxygen atoms in total. The number of carboxylic acid groups (broad SMARTS) is 1. The summed E-state index contributed by atoms with van der Waals surface area (Å²) in [6, 6.07) is 13.0. The summed E-state index contributed by atoms with van der Waals surface area (Å²) in [5, 5.41) is 14.7. The Morgan fingerprint density at radius 2 is 2.05 bits per heavy atom. The van der Waals surface area contributed by atoms with Crippen LogP contribution in [0.5, 0.6) is 0 Å². The van der Waals surface area contributed by atoms with E-state index in [0.29, 0.717) is 12.3 Å². The minimum atomic E-state index is -1.07. The van der Waals surface area contributed by atoms with Crippen LogP contribution in [0.25, 0.3) is 11.3 Å². The molecule has 0 fully saturated rings. The summed E-state index contributed by atoms with van der Waals surface area (Å²) < 4.78 is 5.17. The molecule has 0 saturated carbocycles. The maximum absolute atomic E-state index is 10.7. The summed E-state index contributed by atoms with van der Waals surface area (Å²) in [6.45, 7) is 0.398. The number of thiazole rings is 1. The molecule has 0 radical (unpaired) electrons. The van der Waals surface area contributed by atoms with E-state index in [1.54, 1.807) is 6.07 Å². The number of nitrogens with one attached hydrogen (secondary N) is 1. The molecule has 0 aliphatic heterocycles. The second-order valence-electron chi connectivity index (χ2n) is 4.33. The summed E-state index contributed by atoms with van der Waals surface area (Å²) in [5.41, 5.74) is 1.97. The largest absolute Gasteiger partial charge is 0.475 e. The highest BCUT2D eigenvalue weighted by atomic mass is 32.1. The van der Waals surface area contributed by atoms with E-state index in [2.05, 4.69) is 10.3 Å². The van der Waals surface area contributed by atoms with Crippen molar-refractivity contribution in [3.8, 4) is 11.3 Å². The predicted octanol–water partition coefficient (Wildman–Crippen LogP) is 3.71. The fraction of sp³-hybridized carbons (Fsp3) is 0.0667. The number of aromatic carboxylic acids is 1. The van der Waals surface area contributed by atoms with Gasteiger partial charge in [0.25, 0.3) is 0 Å². The molecule has 0 unspecified atom stereocenters. The van der Waals surface area contributed by atoms with Gasteiger partial charge in [-0.3, -0.25) is 0 Å². The van der Waals surface area contributed by atoms with E-state index in [4.69, 9.17) is 9.52 Å². The van der Waals surface area contributed by atoms with Gasteiger partial charge < -0.3 is 14.8 Å². The van der Waals surface area contributed by atoms with Crippen molar-refractivity contribution >= 4 is 22.4 Å². The third kappa shape index (κ3) is 3.11. The first kappa shape index (κ1) is 13.4. The van der Waals surface area contributed by atoms with Gasteiger partial charge in [-0.2, -0.15) is 0 Å². The van der Waals surface area contributed by atoms with E-state index < -0.39 is 5.97 Å². The van der Waals surface area contributed by atoms with Gasteiger partial charge in [-0.25, -0.2) is 9.78 Å². The van der Waals surface area contributed by atoms with Crippen molar-refractivity contribution in [1.82, 2.24) is 4.98 Å². The molecule has 0 spiro atoms. The van der Waals surface area contributed by atoms with Crippen molar-refractivity contribution in [2.24, 2.45) is 0 Å². The Morgan fingerprint density at radius 3 is 2.76 bits per heavy atom. The summed E-state index contributed by atoms with van der Waals surface area (Å²) in [6.07, 6.45) is 0. The Hall–Kier alpha value is -2.60. The van der Waals surface area contributed by atoms with Gasteiger partial charge >= 0.3 is 5.97 Å². The van der Waals surface area contributed by atoms with E-state index in [0.717, 1.165) is 16.4 Å². The zero-order chi connectivity index (χ0) is 14.7. The van der Waals surface area contributed by atoms with Crippen LogP contribution < -0.4 is 5.32 Å². The van der Waals surface area contributed by atoms with Crippen molar-refractivity contribution in [2.45, 2.75) is 6.54 Å². The number of furan rings is 1. The van der Waals surface area contributed by atoms with Crippen LogP contribution >= 0.6 is 11.3 Å². The third-order valence-electron chi connectivity index (χ3n) is 2.86. The number of hydrogen-bond acceptors (Lipinski definition) is 5. The highest BCUT2D eigenvalue weighted by molar-refractivity contribution is 7.14. The van der Waals surface area contributed by atoms with Gasteiger partial charge in [-0.1, -0.05) is 30.3 Å². The van der Waals surface area contributed by atoms with Gasteiger partial charge in [0, 0.05) is 10.9 Å². The highest BCUT2D eigenvalue weighted by Gasteiger charge is 2.09. The number of hydrogen-bond donors (Lipinski definition) is 2. The minimum Gasteiger partial charge on any atom is -0.475 e. The van der Waals surface area contributed by atoms with Crippen molar-refractivity contribution in [2.75, 3.05) is 5.32 Å². The predicted molar refractivity (Wildman–Crippen MR) is 80.5 cm³/mol. The van der Waals surface area contributed by atoms with E-state index in [-0.39, 0.29) is 5.76 Å². The first-order valence-electron chi connectivity index (χ1n) is 6.29. The van der Waals surface area contributed by atoms with Crippen LogP contribution in [-0.4, -0.2) is 16.1 Å². The molecule has 3 aromatic rings. The average molecular weight is 300 g/mol. The number of benzene rings is 1. The number of nitrogens with zero attached hydrogens (tertiary/aromatic N) is 1. The molecule has 0 bridgehead atoms. The molecule has 3 rings (SSSR count). The summed E-state index contributed by atoms with van der Waals surface area (Å²) >= 11 is 1.50. The number of rotatable bonds is 5. The standard InChI is InChI=1S/C15H12N2O3S/c18-14(19)13-7-6-11(20-13)8-16-15-17-12(9-21-15)10-4-2-1-3-5-10/h1-7,9H,8H2,(H,16,17)(H,18,19). The SMILES string of the molecule is O=C(O)c1ccc(CNc2nc(-c3ccccc3)cs2)o1. The fourth-order valence-corrected chi connectivity index (χ4v) is 2.57. The minimum absolute atomic E-state index is 0.0593. The maximum Gasteiger partial charge on any atom is 0.371 e. The molecule has 0 aliphatic carbocycles. The van der Waals surface area contributed by atoms with Crippen LogP contribution in [0.4, 0.5) is 5.13 Å². The van der Waals surface area contributed by atoms with E-state index in [1.165, 1.54) is 17.4 Å². The van der Waals surface area contributed by atoms with Crippen molar-refractivity contribution < 1.29 is 14.3 Å². The second kappa shape index (κ2) is 5.80. The molecule has 2 heterocycles. The van der Waals surface area contributed by atoms with Gasteiger partial charge in [0.15, 0.2) is 5.13 Å². The Kier molecular flexibility index (Phi) is 3.70. The normalized spacial score (nSPS) is 10.5. The molecule has 0 amide bonds. The van der Waals surface area contributed by atoms with E-state index >= 15 is 0 Å². The maximum atomic E-state index is 10.7. The van der Waals surface area contributed by atoms with Crippen molar-refractivity contribution in [3.63, 3.8) is 0 Å². The van der Waals surface area contributed by atoms with Gasteiger partial charge in [0.05, 0.1) is 12.2 Å². The first-order valence-corrected chi connectivity index (χ1v) is 7.17. The molecule has 21 heavy (non-hydrogen) atoms. The molecular weight excluding hydrogens is 288 g/mol. The molecule has 1 aromatic carbocycles. The Labute approximate surface area is 124 Å². The number of carboxylic acids is 1. The van der Waals surface area contributed by atoms with Crippen LogP contribution in [0, 0.1) is 0 Å². The van der Waals surface area contributed by atoms with Gasteiger partial charge in [-0.15, -0.1) is 11.3 Å². The second-order valence-corrected chi connectivity index (χ2v) is 5.19. The molecule has 0 atom stereocenters. The number of anilines is 1. The Morgan fingerprint density at radius 1 is 1.24 bits per heavy atom. The van der Waals surface area contributed by atoms with Crippen LogP contribution in [0.2, 0.25) is 0 Å². The van der Waals surface area contributed by atoms with Crippen LogP contribution in [-0.2, 0) is 6.54 Å². The lowest BCUT2D eigenvalue weighted by Crippen LogP contribution is -1.98. The lowest BCUT2D eigenvalue weighted by atomic mass is 10.2. The smallest absolute Gasteiger partial charge is 0.371 e. The van der Waals surface area contributed by atoms with Crippen LogP contribution in [0.3, 0.4) is 0 Å². The van der Waals surface area contributed by atoms with E-state index in [9.17, 15) is 4.79 Å². The summed E-state index contributed by atoms with van der Waals surface area (Å²) in [7, 11) is 0. The van der Waals surface area contributed by atoms with Crippen molar-refractivity contribution in [1.29, 1.82) is 0 Å². The topological polar surface area (TPSA) is 75.4 Å². The van der Waals surface area contributed by atoms with E-state index in [1.807, 2.05) is 35.7 Å². The van der Waals surface area contributed by atoms with Gasteiger partial charge in [-0.05, 0) is 12.1 Å². The molecule has 106 valence electrons. The van der Waals surface area contributed by atoms with Gasteiger partial charge in [0.1, 0.15) is 5.76 Å². The lowest BCUT2D eigenvalue weighted by molar-refractivity contribution is 0.0660. The molecule has 0 saturated heterocycles. The third-order valence-corrected chi connectivity index (χ3v) is 3.66. The van der Waals surface area contributed by atoms with Gasteiger partial charge in [0.2, 0.25) is 5.76 Å². The summed E-state index contributed by atoms with van der Waals surface area (Å²) in [4.78, 5) is 15.2. The zero-order valence-electron chi connectivity index (χ0n) is 10.9. The molecule has 2 aromatic heterocycles. The lowest BCUT2D eigenvalue weighted by Gasteiger charge is -1.99.